The molecule has 5 aliphatic rings. The van der Waals surface area contributed by atoms with Gasteiger partial charge in [0.05, 0.1) is 20.3 Å². The van der Waals surface area contributed by atoms with Gasteiger partial charge >= 0.3 is 0 Å². The number of hydrogen-bond donors (Lipinski definition) is 0. The second-order valence-corrected chi connectivity index (χ2v) is 15.5. The van der Waals surface area contributed by atoms with Crippen LogP contribution in [0.3, 0.4) is 0 Å². The summed E-state index contributed by atoms with van der Waals surface area (Å²) in [6.45, 7) is 4.67. The zero-order chi connectivity index (χ0) is 22.9. The third-order valence-corrected chi connectivity index (χ3v) is 14.5. The molecule has 0 heterocycles. The van der Waals surface area contributed by atoms with E-state index in [2.05, 4.69) is 13.8 Å². The van der Waals surface area contributed by atoms with Crippen LogP contribution in [0, 0.1) is 40.9 Å². The molecular weight excluding hydrogens is 452 g/mol. The Morgan fingerprint density at radius 1 is 0.606 bits per heavy atom. The molecule has 0 N–H and O–H groups in total. The molecule has 4 nitrogen and oxygen atoms in total. The highest BCUT2D eigenvalue weighted by Crippen LogP contribution is 2.81. The van der Waals surface area contributed by atoms with Gasteiger partial charge in [0.25, 0.3) is 0 Å². The third-order valence-electron chi connectivity index (χ3n) is 9.79. The van der Waals surface area contributed by atoms with E-state index in [1.54, 1.807) is 60.7 Å². The average Bonchev–Trinajstić information content (AvgIpc) is 3.36. The zero-order valence-electron chi connectivity index (χ0n) is 18.8. The molecule has 0 unspecified atom stereocenters. The summed E-state index contributed by atoms with van der Waals surface area (Å²) in [5.41, 5.74) is 2.99. The highest BCUT2D eigenvalue weighted by atomic mass is 32.2. The van der Waals surface area contributed by atoms with Crippen molar-refractivity contribution in [2.24, 2.45) is 40.9 Å². The van der Waals surface area contributed by atoms with Crippen LogP contribution < -0.4 is 0 Å². The van der Waals surface area contributed by atoms with Gasteiger partial charge in [-0.25, -0.2) is 16.8 Å². The summed E-state index contributed by atoms with van der Waals surface area (Å²) in [4.78, 5) is 0.483. The lowest BCUT2D eigenvalue weighted by molar-refractivity contribution is 0.362. The second-order valence-electron chi connectivity index (χ2n) is 11.3. The van der Waals surface area contributed by atoms with Crippen LogP contribution in [-0.2, 0) is 19.7 Å². The van der Waals surface area contributed by atoms with E-state index < -0.39 is 30.2 Å². The molecule has 0 aromatic heterocycles. The fraction of sp³-hybridized carbons (Fsp3) is 0.481. The Morgan fingerprint density at radius 3 is 1.36 bits per heavy atom. The summed E-state index contributed by atoms with van der Waals surface area (Å²) in [5.74, 6) is 1.84. The minimum absolute atomic E-state index is 0.175. The van der Waals surface area contributed by atoms with Crippen LogP contribution >= 0.6 is 0 Å². The van der Waals surface area contributed by atoms with E-state index in [0.29, 0.717) is 35.5 Å². The van der Waals surface area contributed by atoms with E-state index in [9.17, 15) is 16.8 Å². The predicted molar refractivity (Wildman–Crippen MR) is 126 cm³/mol. The van der Waals surface area contributed by atoms with Crippen molar-refractivity contribution in [3.05, 3.63) is 71.8 Å². The number of allylic oxidation sites excluding steroid dienone is 2. The summed E-state index contributed by atoms with van der Waals surface area (Å²) in [6.07, 6.45) is 1.78. The average molecular weight is 481 g/mol. The van der Waals surface area contributed by atoms with E-state index in [-0.39, 0.29) is 21.6 Å². The van der Waals surface area contributed by atoms with E-state index in [0.717, 1.165) is 6.42 Å². The molecule has 2 aromatic rings. The number of hydrogen-bond acceptors (Lipinski definition) is 4. The summed E-state index contributed by atoms with van der Waals surface area (Å²) in [5, 5.41) is -1.82. The molecule has 0 spiro atoms. The molecule has 0 radical (unpaired) electrons. The van der Waals surface area contributed by atoms with Crippen molar-refractivity contribution in [2.75, 3.05) is 0 Å². The summed E-state index contributed by atoms with van der Waals surface area (Å²) in [7, 11) is -7.62. The Balaban J connectivity index is 1.41. The van der Waals surface area contributed by atoms with E-state index in [1.165, 1.54) is 11.1 Å². The fourth-order valence-corrected chi connectivity index (χ4v) is 13.8. The zero-order valence-corrected chi connectivity index (χ0v) is 20.4. The first-order valence-corrected chi connectivity index (χ1v) is 15.1. The van der Waals surface area contributed by atoms with Gasteiger partial charge in [0.1, 0.15) is 0 Å². The van der Waals surface area contributed by atoms with Crippen LogP contribution in [0.2, 0.25) is 0 Å². The fourth-order valence-electron chi connectivity index (χ4n) is 8.80. The van der Waals surface area contributed by atoms with E-state index in [1.807, 2.05) is 0 Å². The SMILES string of the molecule is CC1(C)[C@@H]2[C@H]1[C@H]1C[C@H]2C2=C1[C@H]1C[C@H]2[C@H](S(=O)(=O)c2ccccc2)[C@H]1S(=O)(=O)c1ccccc1. The Labute approximate surface area is 195 Å². The van der Waals surface area contributed by atoms with Gasteiger partial charge in [0.15, 0.2) is 19.7 Å². The van der Waals surface area contributed by atoms with Gasteiger partial charge in [-0.3, -0.25) is 0 Å². The molecule has 33 heavy (non-hydrogen) atoms. The summed E-state index contributed by atoms with van der Waals surface area (Å²) >= 11 is 0. The molecule has 4 bridgehead atoms. The minimum Gasteiger partial charge on any atom is -0.223 e. The van der Waals surface area contributed by atoms with E-state index in [4.69, 9.17) is 0 Å². The first-order valence-electron chi connectivity index (χ1n) is 12.0. The number of benzene rings is 2. The van der Waals surface area contributed by atoms with Crippen molar-refractivity contribution in [2.45, 2.75) is 47.0 Å². The van der Waals surface area contributed by atoms with Gasteiger partial charge in [0, 0.05) is 0 Å². The van der Waals surface area contributed by atoms with Crippen molar-refractivity contribution in [1.82, 2.24) is 0 Å². The first kappa shape index (κ1) is 20.5. The Bertz CT molecular complexity index is 1300. The monoisotopic (exact) mass is 480 g/mol. The molecule has 3 saturated carbocycles. The van der Waals surface area contributed by atoms with Crippen LogP contribution in [0.4, 0.5) is 0 Å². The van der Waals surface area contributed by atoms with Crippen molar-refractivity contribution in [3.8, 4) is 0 Å². The molecule has 3 fully saturated rings. The first-order chi connectivity index (χ1) is 15.7. The van der Waals surface area contributed by atoms with Crippen LogP contribution in [-0.4, -0.2) is 27.3 Å². The largest absolute Gasteiger partial charge is 0.223 e. The molecule has 172 valence electrons. The van der Waals surface area contributed by atoms with Gasteiger partial charge in [-0.15, -0.1) is 0 Å². The molecule has 8 atom stereocenters. The van der Waals surface area contributed by atoms with Gasteiger partial charge < -0.3 is 0 Å². The molecule has 2 aromatic carbocycles. The van der Waals surface area contributed by atoms with Crippen LogP contribution in [0.1, 0.15) is 26.7 Å². The lowest BCUT2D eigenvalue weighted by atomic mass is 9.82. The third kappa shape index (κ3) is 2.37. The summed E-state index contributed by atoms with van der Waals surface area (Å²) in [6, 6.07) is 16.9. The van der Waals surface area contributed by atoms with Gasteiger partial charge in [-0.1, -0.05) is 61.4 Å². The van der Waals surface area contributed by atoms with Crippen molar-refractivity contribution < 1.29 is 16.8 Å². The molecule has 0 saturated heterocycles. The van der Waals surface area contributed by atoms with Crippen molar-refractivity contribution in [1.29, 1.82) is 0 Å². The van der Waals surface area contributed by atoms with Gasteiger partial charge in [-0.2, -0.15) is 0 Å². The number of sulfone groups is 2. The lowest BCUT2D eigenvalue weighted by Crippen LogP contribution is -2.46. The molecular formula is C27H28O4S2. The van der Waals surface area contributed by atoms with Crippen LogP contribution in [0.5, 0.6) is 0 Å². The number of rotatable bonds is 4. The topological polar surface area (TPSA) is 68.3 Å². The summed E-state index contributed by atoms with van der Waals surface area (Å²) < 4.78 is 56.2. The Morgan fingerprint density at radius 2 is 0.970 bits per heavy atom. The predicted octanol–water partition coefficient (Wildman–Crippen LogP) is 4.54. The lowest BCUT2D eigenvalue weighted by Gasteiger charge is -2.35. The quantitative estimate of drug-likeness (QED) is 0.476. The maximum Gasteiger partial charge on any atom is 0.183 e. The maximum absolute atomic E-state index is 14.0. The highest BCUT2D eigenvalue weighted by molar-refractivity contribution is 7.96. The van der Waals surface area contributed by atoms with Crippen molar-refractivity contribution >= 4 is 19.7 Å². The highest BCUT2D eigenvalue weighted by Gasteiger charge is 2.77. The van der Waals surface area contributed by atoms with Crippen LogP contribution in [0.25, 0.3) is 0 Å². The standard InChI is InChI=1S/C27H28O4S2/c1-27(2)23-17-13-18(24(23)27)22-20-14-19(21(17)22)25(32(28,29)15-9-5-3-6-10-15)26(20)33(30,31)16-11-7-4-8-12-16/h3-12,17-20,23-26H,13-14H2,1-2H3/t17-,18-,19+,20+,23-,24+,25-,26-/m0/s1. The molecule has 5 aliphatic carbocycles. The molecule has 0 amide bonds. The maximum atomic E-state index is 14.0. The van der Waals surface area contributed by atoms with Crippen LogP contribution in [0.15, 0.2) is 81.6 Å². The normalized spacial score (nSPS) is 39.6. The molecule has 0 aliphatic heterocycles. The van der Waals surface area contributed by atoms with Gasteiger partial charge in [-0.05, 0) is 78.0 Å². The Kier molecular flexibility index (Phi) is 3.84. The second kappa shape index (κ2) is 6.19. The minimum atomic E-state index is -3.81. The van der Waals surface area contributed by atoms with E-state index >= 15 is 0 Å². The van der Waals surface area contributed by atoms with Gasteiger partial charge in [0.2, 0.25) is 0 Å². The number of fused-ring (bicyclic) bond motifs is 11. The smallest absolute Gasteiger partial charge is 0.183 e. The molecule has 7 rings (SSSR count). The van der Waals surface area contributed by atoms with Crippen molar-refractivity contribution in [3.63, 3.8) is 0 Å². The Hall–Kier alpha value is -1.92. The molecule has 6 heteroatoms.